The normalized spacial score (nSPS) is 14.1. The molecule has 1 aliphatic carbocycles. The minimum atomic E-state index is -0.222. The minimum absolute atomic E-state index is 0.222. The van der Waals surface area contributed by atoms with E-state index in [0.29, 0.717) is 16.6 Å². The highest BCUT2D eigenvalue weighted by Gasteiger charge is 2.26. The lowest BCUT2D eigenvalue weighted by molar-refractivity contribution is 0.102. The van der Waals surface area contributed by atoms with Crippen molar-refractivity contribution in [3.63, 3.8) is 0 Å². The van der Waals surface area contributed by atoms with Gasteiger partial charge in [0.25, 0.3) is 5.91 Å². The van der Waals surface area contributed by atoms with Crippen LogP contribution in [0.4, 0.5) is 5.69 Å². The fourth-order valence-electron chi connectivity index (χ4n) is 2.05. The van der Waals surface area contributed by atoms with Crippen molar-refractivity contribution in [1.29, 1.82) is 0 Å². The fourth-order valence-corrected chi connectivity index (χ4v) is 2.28. The molecule has 1 heterocycles. The molecule has 5 heteroatoms. The van der Waals surface area contributed by atoms with E-state index < -0.39 is 0 Å². The average molecular weight is 288 g/mol. The van der Waals surface area contributed by atoms with Crippen molar-refractivity contribution in [2.75, 3.05) is 5.32 Å². The van der Waals surface area contributed by atoms with E-state index in [9.17, 15) is 4.79 Å². The van der Waals surface area contributed by atoms with Crippen molar-refractivity contribution >= 4 is 23.2 Å². The third-order valence-electron chi connectivity index (χ3n) is 3.35. The Morgan fingerprint density at radius 2 is 2.10 bits per heavy atom. The van der Waals surface area contributed by atoms with E-state index in [0.717, 1.165) is 29.8 Å². The van der Waals surface area contributed by atoms with Gasteiger partial charge in [-0.2, -0.15) is 0 Å². The summed E-state index contributed by atoms with van der Waals surface area (Å²) in [4.78, 5) is 20.5. The van der Waals surface area contributed by atoms with E-state index in [1.54, 1.807) is 18.2 Å². The highest BCUT2D eigenvalue weighted by atomic mass is 35.5. The summed E-state index contributed by atoms with van der Waals surface area (Å²) in [5.41, 5.74) is 3.02. The predicted molar refractivity (Wildman–Crippen MR) is 78.1 cm³/mol. The molecule has 0 spiro atoms. The number of hydrogen-bond donors (Lipinski definition) is 1. The van der Waals surface area contributed by atoms with Crippen molar-refractivity contribution in [1.82, 2.24) is 9.97 Å². The summed E-state index contributed by atoms with van der Waals surface area (Å²) >= 11 is 5.90. The van der Waals surface area contributed by atoms with Crippen molar-refractivity contribution in [2.24, 2.45) is 0 Å². The van der Waals surface area contributed by atoms with Crippen LogP contribution in [0, 0.1) is 6.92 Å². The molecule has 1 aliphatic rings. The summed E-state index contributed by atoms with van der Waals surface area (Å²) in [6.07, 6.45) is 3.75. The molecule has 0 bridgehead atoms. The van der Waals surface area contributed by atoms with E-state index in [1.807, 2.05) is 13.0 Å². The number of nitrogens with zero attached hydrogens (tertiary/aromatic N) is 2. The molecule has 1 aromatic heterocycles. The Balaban J connectivity index is 1.80. The number of rotatable bonds is 3. The third-order valence-corrected chi connectivity index (χ3v) is 3.59. The number of anilines is 1. The topological polar surface area (TPSA) is 54.9 Å². The lowest BCUT2D eigenvalue weighted by atomic mass is 10.2. The van der Waals surface area contributed by atoms with Crippen LogP contribution in [0.5, 0.6) is 0 Å². The Morgan fingerprint density at radius 3 is 2.80 bits per heavy atom. The minimum Gasteiger partial charge on any atom is -0.320 e. The number of benzene rings is 1. The highest BCUT2D eigenvalue weighted by molar-refractivity contribution is 6.30. The Bertz CT molecular complexity index is 668. The van der Waals surface area contributed by atoms with E-state index >= 15 is 0 Å². The number of carbonyl (C=O) groups excluding carboxylic acids is 1. The summed E-state index contributed by atoms with van der Waals surface area (Å²) in [6, 6.07) is 7.13. The Morgan fingerprint density at radius 1 is 1.30 bits per heavy atom. The molecule has 1 aromatic carbocycles. The molecule has 0 unspecified atom stereocenters. The maximum absolute atomic E-state index is 12.2. The number of halogens is 1. The monoisotopic (exact) mass is 287 g/mol. The molecule has 0 atom stereocenters. The third kappa shape index (κ3) is 2.80. The lowest BCUT2D eigenvalue weighted by Gasteiger charge is -2.08. The van der Waals surface area contributed by atoms with E-state index in [2.05, 4.69) is 15.3 Å². The van der Waals surface area contributed by atoms with Crippen LogP contribution >= 0.6 is 11.6 Å². The van der Waals surface area contributed by atoms with Crippen LogP contribution < -0.4 is 5.32 Å². The molecule has 20 heavy (non-hydrogen) atoms. The molecule has 0 saturated heterocycles. The smallest absolute Gasteiger partial charge is 0.274 e. The van der Waals surface area contributed by atoms with Gasteiger partial charge in [0.05, 0.1) is 0 Å². The molecule has 3 rings (SSSR count). The first kappa shape index (κ1) is 13.1. The lowest BCUT2D eigenvalue weighted by Crippen LogP contribution is -2.15. The zero-order valence-corrected chi connectivity index (χ0v) is 11.8. The Kier molecular flexibility index (Phi) is 3.40. The van der Waals surface area contributed by atoms with E-state index in [4.69, 9.17) is 11.6 Å². The maximum Gasteiger partial charge on any atom is 0.274 e. The molecule has 1 amide bonds. The number of nitrogens with one attached hydrogen (secondary N) is 1. The fraction of sp³-hybridized carbons (Fsp3) is 0.267. The van der Waals surface area contributed by atoms with Crippen LogP contribution in [0.15, 0.2) is 30.6 Å². The second-order valence-electron chi connectivity index (χ2n) is 5.02. The van der Waals surface area contributed by atoms with Gasteiger partial charge in [-0.3, -0.25) is 4.79 Å². The van der Waals surface area contributed by atoms with Gasteiger partial charge in [0, 0.05) is 22.3 Å². The van der Waals surface area contributed by atoms with Gasteiger partial charge in [-0.25, -0.2) is 9.97 Å². The van der Waals surface area contributed by atoms with E-state index in [1.165, 1.54) is 6.33 Å². The zero-order chi connectivity index (χ0) is 14.1. The first-order valence-corrected chi connectivity index (χ1v) is 6.91. The number of hydrogen-bond acceptors (Lipinski definition) is 3. The Labute approximate surface area is 122 Å². The van der Waals surface area contributed by atoms with Gasteiger partial charge >= 0.3 is 0 Å². The van der Waals surface area contributed by atoms with Gasteiger partial charge < -0.3 is 5.32 Å². The number of aryl methyl sites for hydroxylation is 1. The van der Waals surface area contributed by atoms with E-state index in [-0.39, 0.29) is 5.91 Å². The van der Waals surface area contributed by atoms with Gasteiger partial charge in [-0.1, -0.05) is 11.6 Å². The van der Waals surface area contributed by atoms with Crippen LogP contribution in [0.2, 0.25) is 5.02 Å². The van der Waals surface area contributed by atoms with Gasteiger partial charge in [0.1, 0.15) is 12.0 Å². The summed E-state index contributed by atoms with van der Waals surface area (Å²) in [7, 11) is 0. The standard InChI is InChI=1S/C15H14ClN3O/c1-9-6-11(16)4-5-12(9)19-15(20)14-7-13(10-2-3-10)17-8-18-14/h4-8,10H,2-3H2,1H3,(H,19,20). The average Bonchev–Trinajstić information content (AvgIpc) is 3.26. The first-order valence-electron chi connectivity index (χ1n) is 6.53. The molecule has 102 valence electrons. The van der Waals surface area contributed by atoms with Crippen LogP contribution in [-0.2, 0) is 0 Å². The summed E-state index contributed by atoms with van der Waals surface area (Å²) in [5, 5.41) is 3.50. The molecular formula is C15H14ClN3O. The molecule has 1 fully saturated rings. The van der Waals surface area contributed by atoms with Gasteiger partial charge in [-0.05, 0) is 49.6 Å². The van der Waals surface area contributed by atoms with Gasteiger partial charge in [-0.15, -0.1) is 0 Å². The van der Waals surface area contributed by atoms with Gasteiger partial charge in [0.2, 0.25) is 0 Å². The van der Waals surface area contributed by atoms with Crippen LogP contribution in [-0.4, -0.2) is 15.9 Å². The maximum atomic E-state index is 12.2. The molecule has 0 radical (unpaired) electrons. The highest BCUT2D eigenvalue weighted by Crippen LogP contribution is 2.38. The molecule has 4 nitrogen and oxygen atoms in total. The van der Waals surface area contributed by atoms with Crippen molar-refractivity contribution < 1.29 is 4.79 Å². The van der Waals surface area contributed by atoms with Crippen molar-refractivity contribution in [2.45, 2.75) is 25.7 Å². The van der Waals surface area contributed by atoms with Crippen LogP contribution in [0.1, 0.15) is 40.5 Å². The quantitative estimate of drug-likeness (QED) is 0.939. The SMILES string of the molecule is Cc1cc(Cl)ccc1NC(=O)c1cc(C2CC2)ncn1. The summed E-state index contributed by atoms with van der Waals surface area (Å²) in [6.45, 7) is 1.90. The molecule has 1 saturated carbocycles. The van der Waals surface area contributed by atoms with Crippen LogP contribution in [0.25, 0.3) is 0 Å². The molecule has 1 N–H and O–H groups in total. The van der Waals surface area contributed by atoms with Crippen LogP contribution in [0.3, 0.4) is 0 Å². The predicted octanol–water partition coefficient (Wildman–Crippen LogP) is 3.57. The zero-order valence-electron chi connectivity index (χ0n) is 11.1. The molecule has 0 aliphatic heterocycles. The first-order chi connectivity index (χ1) is 9.63. The molecular weight excluding hydrogens is 274 g/mol. The van der Waals surface area contributed by atoms with Crippen molar-refractivity contribution in [3.05, 3.63) is 52.6 Å². The van der Waals surface area contributed by atoms with Gasteiger partial charge in [0.15, 0.2) is 0 Å². The largest absolute Gasteiger partial charge is 0.320 e. The second-order valence-corrected chi connectivity index (χ2v) is 5.45. The summed E-state index contributed by atoms with van der Waals surface area (Å²) < 4.78 is 0. The second kappa shape index (κ2) is 5.21. The molecule has 2 aromatic rings. The number of carbonyl (C=O) groups is 1. The Hall–Kier alpha value is -1.94. The number of aromatic nitrogens is 2. The number of amides is 1. The summed E-state index contributed by atoms with van der Waals surface area (Å²) in [5.74, 6) is 0.279. The van der Waals surface area contributed by atoms with Crippen molar-refractivity contribution in [3.8, 4) is 0 Å².